The average Bonchev–Trinajstić information content (AvgIpc) is 2.73. The van der Waals surface area contributed by atoms with E-state index in [2.05, 4.69) is 25.6 Å². The average molecular weight is 389 g/mol. The molecule has 0 radical (unpaired) electrons. The molecule has 8 nitrogen and oxygen atoms in total. The third-order valence-corrected chi connectivity index (χ3v) is 4.26. The molecule has 2 heterocycles. The van der Waals surface area contributed by atoms with Crippen molar-refractivity contribution >= 4 is 23.4 Å². The first-order chi connectivity index (χ1) is 14.0. The highest BCUT2D eigenvalue weighted by Gasteiger charge is 2.11. The molecule has 2 amide bonds. The molecule has 3 rings (SSSR count). The molecule has 0 saturated heterocycles. The molecule has 0 aliphatic heterocycles. The molecular weight excluding hydrogens is 366 g/mol. The molecule has 0 bridgehead atoms. The standard InChI is InChI=1S/C21H23N7O/c1-14(16-7-3-2-4-8-16)27-21(29)28-19-10-18(22)17(13-25-19)20(23)26-12-15-6-5-9-24-11-15/h2-11,13-14H,12H2,1H3,(H2,23,26)(H4,22,25,27,28,29)/t14-/m1/s1. The number of aliphatic imine (C=N–C) groups is 1. The van der Waals surface area contributed by atoms with E-state index in [1.54, 1.807) is 18.5 Å². The van der Waals surface area contributed by atoms with Crippen LogP contribution in [-0.4, -0.2) is 21.8 Å². The van der Waals surface area contributed by atoms with Gasteiger partial charge in [0.1, 0.15) is 11.7 Å². The number of anilines is 2. The van der Waals surface area contributed by atoms with Crippen LogP contribution in [0.2, 0.25) is 0 Å². The number of urea groups is 1. The lowest BCUT2D eigenvalue weighted by atomic mass is 10.1. The van der Waals surface area contributed by atoms with Crippen molar-refractivity contribution in [2.75, 3.05) is 11.1 Å². The number of carbonyl (C=O) groups excluding carboxylic acids is 1. The van der Waals surface area contributed by atoms with Crippen LogP contribution < -0.4 is 22.1 Å². The first kappa shape index (κ1) is 19.8. The van der Waals surface area contributed by atoms with Gasteiger partial charge < -0.3 is 16.8 Å². The van der Waals surface area contributed by atoms with E-state index in [0.717, 1.165) is 11.1 Å². The third-order valence-electron chi connectivity index (χ3n) is 4.26. The maximum absolute atomic E-state index is 12.2. The fraction of sp³-hybridized carbons (Fsp3) is 0.143. The highest BCUT2D eigenvalue weighted by atomic mass is 16.2. The van der Waals surface area contributed by atoms with E-state index in [0.29, 0.717) is 23.6 Å². The van der Waals surface area contributed by atoms with Gasteiger partial charge >= 0.3 is 6.03 Å². The minimum Gasteiger partial charge on any atom is -0.398 e. The molecule has 1 aromatic carbocycles. The van der Waals surface area contributed by atoms with Crippen molar-refractivity contribution in [3.05, 3.63) is 83.8 Å². The molecule has 3 aromatic rings. The molecule has 29 heavy (non-hydrogen) atoms. The van der Waals surface area contributed by atoms with Crippen LogP contribution in [0.15, 0.2) is 72.1 Å². The van der Waals surface area contributed by atoms with Crippen LogP contribution in [0.4, 0.5) is 16.3 Å². The Hall–Kier alpha value is -3.94. The summed E-state index contributed by atoms with van der Waals surface area (Å²) in [6.07, 6.45) is 4.91. The van der Waals surface area contributed by atoms with Gasteiger partial charge in [-0.1, -0.05) is 36.4 Å². The molecule has 0 unspecified atom stereocenters. The largest absolute Gasteiger partial charge is 0.398 e. The van der Waals surface area contributed by atoms with Crippen molar-refractivity contribution in [2.24, 2.45) is 10.7 Å². The highest BCUT2D eigenvalue weighted by molar-refractivity contribution is 6.02. The third kappa shape index (κ3) is 5.52. The maximum Gasteiger partial charge on any atom is 0.320 e. The monoisotopic (exact) mass is 389 g/mol. The van der Waals surface area contributed by atoms with Crippen LogP contribution in [0.25, 0.3) is 0 Å². The van der Waals surface area contributed by atoms with Crippen LogP contribution in [0.1, 0.15) is 29.7 Å². The summed E-state index contributed by atoms with van der Waals surface area (Å²) in [6.45, 7) is 2.29. The Morgan fingerprint density at radius 1 is 1.17 bits per heavy atom. The Morgan fingerprint density at radius 3 is 2.66 bits per heavy atom. The number of nitrogens with one attached hydrogen (secondary N) is 2. The van der Waals surface area contributed by atoms with E-state index < -0.39 is 0 Å². The van der Waals surface area contributed by atoms with Crippen molar-refractivity contribution in [1.82, 2.24) is 15.3 Å². The summed E-state index contributed by atoms with van der Waals surface area (Å²) in [6, 6.07) is 14.4. The summed E-state index contributed by atoms with van der Waals surface area (Å²) in [7, 11) is 0. The van der Waals surface area contributed by atoms with Gasteiger partial charge in [0.05, 0.1) is 18.2 Å². The van der Waals surface area contributed by atoms with Gasteiger partial charge in [-0.3, -0.25) is 15.3 Å². The van der Waals surface area contributed by atoms with E-state index >= 15 is 0 Å². The number of hydrogen-bond donors (Lipinski definition) is 4. The second kappa shape index (κ2) is 9.32. The molecular formula is C21H23N7O. The van der Waals surface area contributed by atoms with E-state index in [4.69, 9.17) is 11.5 Å². The van der Waals surface area contributed by atoms with Crippen LogP contribution in [0.5, 0.6) is 0 Å². The molecule has 0 fully saturated rings. The number of nitrogen functional groups attached to an aromatic ring is 1. The Labute approximate surface area is 169 Å². The lowest BCUT2D eigenvalue weighted by Crippen LogP contribution is -2.31. The van der Waals surface area contributed by atoms with Crippen LogP contribution in [-0.2, 0) is 6.54 Å². The number of amides is 2. The molecule has 0 aliphatic carbocycles. The molecule has 148 valence electrons. The second-order valence-corrected chi connectivity index (χ2v) is 6.45. The Morgan fingerprint density at radius 2 is 1.97 bits per heavy atom. The number of rotatable bonds is 6. The van der Waals surface area contributed by atoms with E-state index in [1.165, 1.54) is 6.20 Å². The van der Waals surface area contributed by atoms with Crippen LogP contribution >= 0.6 is 0 Å². The smallest absolute Gasteiger partial charge is 0.320 e. The number of hydrogen-bond acceptors (Lipinski definition) is 5. The van der Waals surface area contributed by atoms with Gasteiger partial charge in [-0.15, -0.1) is 0 Å². The minimum atomic E-state index is -0.376. The van der Waals surface area contributed by atoms with E-state index in [9.17, 15) is 4.79 Å². The zero-order chi connectivity index (χ0) is 20.6. The van der Waals surface area contributed by atoms with Crippen LogP contribution in [0.3, 0.4) is 0 Å². The number of nitrogens with zero attached hydrogens (tertiary/aromatic N) is 3. The SMILES string of the molecule is C[C@@H](NC(=O)Nc1cc(N)c(C(N)=NCc2cccnc2)cn1)c1ccccc1. The Bertz CT molecular complexity index is 990. The van der Waals surface area contributed by atoms with E-state index in [1.807, 2.05) is 49.4 Å². The number of pyridine rings is 2. The van der Waals surface area contributed by atoms with Crippen molar-refractivity contribution in [2.45, 2.75) is 19.5 Å². The zero-order valence-electron chi connectivity index (χ0n) is 16.0. The summed E-state index contributed by atoms with van der Waals surface area (Å²) in [5, 5.41) is 5.53. The summed E-state index contributed by atoms with van der Waals surface area (Å²) in [4.78, 5) is 24.8. The molecule has 8 heteroatoms. The molecule has 1 atom stereocenters. The first-order valence-corrected chi connectivity index (χ1v) is 9.10. The Balaban J connectivity index is 1.62. The maximum atomic E-state index is 12.2. The second-order valence-electron chi connectivity index (χ2n) is 6.45. The van der Waals surface area contributed by atoms with Gasteiger partial charge in [0, 0.05) is 30.3 Å². The number of carbonyl (C=O) groups is 1. The summed E-state index contributed by atoms with van der Waals surface area (Å²) >= 11 is 0. The van der Waals surface area contributed by atoms with Gasteiger partial charge in [-0.05, 0) is 24.1 Å². The normalized spacial score (nSPS) is 12.2. The molecule has 6 N–H and O–H groups in total. The summed E-state index contributed by atoms with van der Waals surface area (Å²) in [5.41, 5.74) is 14.9. The molecule has 2 aromatic heterocycles. The van der Waals surface area contributed by atoms with Crippen molar-refractivity contribution in [3.63, 3.8) is 0 Å². The van der Waals surface area contributed by atoms with Gasteiger partial charge in [0.2, 0.25) is 0 Å². The number of nitrogens with two attached hydrogens (primary N) is 2. The zero-order valence-corrected chi connectivity index (χ0v) is 16.0. The van der Waals surface area contributed by atoms with Gasteiger partial charge in [-0.2, -0.15) is 0 Å². The molecule has 0 spiro atoms. The lowest BCUT2D eigenvalue weighted by Gasteiger charge is -2.15. The topological polar surface area (TPSA) is 131 Å². The first-order valence-electron chi connectivity index (χ1n) is 9.10. The van der Waals surface area contributed by atoms with Crippen molar-refractivity contribution < 1.29 is 4.79 Å². The number of aromatic nitrogens is 2. The summed E-state index contributed by atoms with van der Waals surface area (Å²) < 4.78 is 0. The fourth-order valence-electron chi connectivity index (χ4n) is 2.68. The Kier molecular flexibility index (Phi) is 6.36. The van der Waals surface area contributed by atoms with Gasteiger partial charge in [0.15, 0.2) is 0 Å². The lowest BCUT2D eigenvalue weighted by molar-refractivity contribution is 0.249. The number of amidine groups is 1. The minimum absolute atomic E-state index is 0.150. The van der Waals surface area contributed by atoms with Crippen molar-refractivity contribution in [1.29, 1.82) is 0 Å². The predicted molar refractivity (Wildman–Crippen MR) is 114 cm³/mol. The van der Waals surface area contributed by atoms with Crippen molar-refractivity contribution in [3.8, 4) is 0 Å². The molecule has 0 aliphatic rings. The highest BCUT2D eigenvalue weighted by Crippen LogP contribution is 2.16. The number of benzene rings is 1. The van der Waals surface area contributed by atoms with Crippen LogP contribution in [0, 0.1) is 0 Å². The molecule has 0 saturated carbocycles. The quantitative estimate of drug-likeness (QED) is 0.380. The van der Waals surface area contributed by atoms with Gasteiger partial charge in [-0.25, -0.2) is 9.78 Å². The predicted octanol–water partition coefficient (Wildman–Crippen LogP) is 2.85. The summed E-state index contributed by atoms with van der Waals surface area (Å²) in [5.74, 6) is 0.594. The van der Waals surface area contributed by atoms with E-state index in [-0.39, 0.29) is 17.9 Å². The fourth-order valence-corrected chi connectivity index (χ4v) is 2.68. The van der Waals surface area contributed by atoms with Gasteiger partial charge in [0.25, 0.3) is 0 Å².